The maximum Gasteiger partial charge on any atom is 0.265 e. The van der Waals surface area contributed by atoms with Crippen molar-refractivity contribution in [1.82, 2.24) is 0 Å². The highest BCUT2D eigenvalue weighted by Gasteiger charge is 2.09. The Morgan fingerprint density at radius 3 is 2.20 bits per heavy atom. The molecule has 2 aromatic rings. The second kappa shape index (κ2) is 5.94. The van der Waals surface area contributed by atoms with Gasteiger partial charge in [0.25, 0.3) is 5.91 Å². The summed E-state index contributed by atoms with van der Waals surface area (Å²) in [5.41, 5.74) is 1.04. The van der Waals surface area contributed by atoms with E-state index in [2.05, 4.69) is 26.0 Å². The number of nitrogens with one attached hydrogen (secondary N) is 2. The fourth-order valence-electron chi connectivity index (χ4n) is 1.46. The standard InChI is InChI=1S/C12H11BrN2O3S2/c1-20(17,18)15-9-4-2-8(3-5-9)14-12(16)10-6-7-11(13)19-10/h2-7,15H,1H3,(H,14,16). The van der Waals surface area contributed by atoms with Gasteiger partial charge in [0.05, 0.1) is 14.9 Å². The van der Waals surface area contributed by atoms with Gasteiger partial charge in [0, 0.05) is 11.4 Å². The van der Waals surface area contributed by atoms with Crippen molar-refractivity contribution in [3.8, 4) is 0 Å². The zero-order valence-electron chi connectivity index (χ0n) is 10.4. The van der Waals surface area contributed by atoms with Crippen LogP contribution in [0.2, 0.25) is 0 Å². The SMILES string of the molecule is CS(=O)(=O)Nc1ccc(NC(=O)c2ccc(Br)s2)cc1. The third-order valence-electron chi connectivity index (χ3n) is 2.24. The van der Waals surface area contributed by atoms with Crippen molar-refractivity contribution in [2.75, 3.05) is 16.3 Å². The van der Waals surface area contributed by atoms with Crippen molar-refractivity contribution in [3.63, 3.8) is 0 Å². The minimum Gasteiger partial charge on any atom is -0.321 e. The monoisotopic (exact) mass is 374 g/mol. The summed E-state index contributed by atoms with van der Waals surface area (Å²) in [5.74, 6) is -0.204. The van der Waals surface area contributed by atoms with Crippen molar-refractivity contribution >= 4 is 54.6 Å². The van der Waals surface area contributed by atoms with Crippen LogP contribution in [0.4, 0.5) is 11.4 Å². The molecule has 0 saturated carbocycles. The molecule has 0 radical (unpaired) electrons. The number of amides is 1. The topological polar surface area (TPSA) is 75.3 Å². The molecule has 2 rings (SSSR count). The van der Waals surface area contributed by atoms with Crippen LogP contribution in [0, 0.1) is 0 Å². The Kier molecular flexibility index (Phi) is 4.46. The van der Waals surface area contributed by atoms with Gasteiger partial charge in [-0.3, -0.25) is 9.52 Å². The van der Waals surface area contributed by atoms with Gasteiger partial charge in [0.2, 0.25) is 10.0 Å². The minimum atomic E-state index is -3.29. The van der Waals surface area contributed by atoms with Gasteiger partial charge in [0.15, 0.2) is 0 Å². The molecule has 2 N–H and O–H groups in total. The molecular weight excluding hydrogens is 364 g/mol. The number of hydrogen-bond acceptors (Lipinski definition) is 4. The van der Waals surface area contributed by atoms with Crippen LogP contribution >= 0.6 is 27.3 Å². The van der Waals surface area contributed by atoms with Gasteiger partial charge in [0.1, 0.15) is 0 Å². The van der Waals surface area contributed by atoms with E-state index in [1.807, 2.05) is 0 Å². The molecular formula is C12H11BrN2O3S2. The van der Waals surface area contributed by atoms with Gasteiger partial charge in [-0.05, 0) is 52.3 Å². The second-order valence-electron chi connectivity index (χ2n) is 4.01. The predicted molar refractivity (Wildman–Crippen MR) is 84.9 cm³/mol. The summed E-state index contributed by atoms with van der Waals surface area (Å²) in [7, 11) is -3.29. The Morgan fingerprint density at radius 2 is 1.70 bits per heavy atom. The Hall–Kier alpha value is -1.38. The molecule has 5 nitrogen and oxygen atoms in total. The summed E-state index contributed by atoms with van der Waals surface area (Å²) >= 11 is 4.64. The van der Waals surface area contributed by atoms with E-state index in [9.17, 15) is 13.2 Å². The molecule has 0 aliphatic heterocycles. The van der Waals surface area contributed by atoms with Gasteiger partial charge in [-0.1, -0.05) is 0 Å². The normalized spacial score (nSPS) is 11.1. The lowest BCUT2D eigenvalue weighted by Gasteiger charge is -2.06. The van der Waals surface area contributed by atoms with E-state index in [0.29, 0.717) is 16.3 Å². The number of halogens is 1. The van der Waals surface area contributed by atoms with Crippen LogP contribution in [-0.2, 0) is 10.0 Å². The molecule has 1 aromatic carbocycles. The highest BCUT2D eigenvalue weighted by Crippen LogP contribution is 2.23. The lowest BCUT2D eigenvalue weighted by molar-refractivity contribution is 0.103. The molecule has 0 fully saturated rings. The summed E-state index contributed by atoms with van der Waals surface area (Å²) in [5, 5.41) is 2.74. The van der Waals surface area contributed by atoms with Gasteiger partial charge in [-0.15, -0.1) is 11.3 Å². The van der Waals surface area contributed by atoms with Crippen LogP contribution in [0.1, 0.15) is 9.67 Å². The quantitative estimate of drug-likeness (QED) is 0.862. The smallest absolute Gasteiger partial charge is 0.265 e. The molecule has 0 bridgehead atoms. The highest BCUT2D eigenvalue weighted by molar-refractivity contribution is 9.11. The second-order valence-corrected chi connectivity index (χ2v) is 8.22. The molecule has 0 unspecified atom stereocenters. The van der Waals surface area contributed by atoms with E-state index < -0.39 is 10.0 Å². The summed E-state index contributed by atoms with van der Waals surface area (Å²) in [4.78, 5) is 12.5. The first-order chi connectivity index (χ1) is 9.33. The minimum absolute atomic E-state index is 0.204. The van der Waals surface area contributed by atoms with E-state index in [1.54, 1.807) is 36.4 Å². The van der Waals surface area contributed by atoms with E-state index in [0.717, 1.165) is 10.0 Å². The molecule has 8 heteroatoms. The van der Waals surface area contributed by atoms with Gasteiger partial charge in [-0.25, -0.2) is 8.42 Å². The maximum atomic E-state index is 11.9. The number of carbonyl (C=O) groups is 1. The molecule has 0 saturated heterocycles. The summed E-state index contributed by atoms with van der Waals surface area (Å²) in [6.45, 7) is 0. The zero-order chi connectivity index (χ0) is 14.8. The average Bonchev–Trinajstić information content (AvgIpc) is 2.77. The maximum absolute atomic E-state index is 11.9. The van der Waals surface area contributed by atoms with Crippen molar-refractivity contribution in [1.29, 1.82) is 0 Å². The molecule has 0 spiro atoms. The number of rotatable bonds is 4. The zero-order valence-corrected chi connectivity index (χ0v) is 13.6. The molecule has 106 valence electrons. The third-order valence-corrected chi connectivity index (χ3v) is 4.47. The van der Waals surface area contributed by atoms with Crippen molar-refractivity contribution < 1.29 is 13.2 Å². The fourth-order valence-corrected chi connectivity index (χ4v) is 3.31. The summed E-state index contributed by atoms with van der Waals surface area (Å²) in [6.07, 6.45) is 1.08. The average molecular weight is 375 g/mol. The number of thiophene rings is 1. The first kappa shape index (κ1) is 15.0. The van der Waals surface area contributed by atoms with E-state index in [1.165, 1.54) is 11.3 Å². The molecule has 1 amide bonds. The molecule has 0 atom stereocenters. The fraction of sp³-hybridized carbons (Fsp3) is 0.0833. The number of benzene rings is 1. The molecule has 1 heterocycles. The Labute approximate surface area is 129 Å². The Balaban J connectivity index is 2.06. The van der Waals surface area contributed by atoms with Gasteiger partial charge in [-0.2, -0.15) is 0 Å². The molecule has 0 aliphatic carbocycles. The van der Waals surface area contributed by atoms with Crippen LogP contribution in [0.25, 0.3) is 0 Å². The van der Waals surface area contributed by atoms with Crippen LogP contribution in [0.5, 0.6) is 0 Å². The van der Waals surface area contributed by atoms with E-state index in [-0.39, 0.29) is 5.91 Å². The van der Waals surface area contributed by atoms with Crippen molar-refractivity contribution in [3.05, 3.63) is 45.1 Å². The van der Waals surface area contributed by atoms with Gasteiger partial charge < -0.3 is 5.32 Å². The molecule has 0 aliphatic rings. The van der Waals surface area contributed by atoms with Crippen LogP contribution in [0.3, 0.4) is 0 Å². The molecule has 20 heavy (non-hydrogen) atoms. The number of anilines is 2. The first-order valence-corrected chi connectivity index (χ1v) is 8.98. The van der Waals surface area contributed by atoms with Crippen LogP contribution < -0.4 is 10.0 Å². The first-order valence-electron chi connectivity index (χ1n) is 5.48. The summed E-state index contributed by atoms with van der Waals surface area (Å²) in [6, 6.07) is 9.96. The Morgan fingerprint density at radius 1 is 1.10 bits per heavy atom. The lowest BCUT2D eigenvalue weighted by atomic mass is 10.3. The van der Waals surface area contributed by atoms with Crippen LogP contribution in [0.15, 0.2) is 40.2 Å². The predicted octanol–water partition coefficient (Wildman–Crippen LogP) is 3.13. The highest BCUT2D eigenvalue weighted by atomic mass is 79.9. The van der Waals surface area contributed by atoms with E-state index >= 15 is 0 Å². The van der Waals surface area contributed by atoms with Crippen molar-refractivity contribution in [2.24, 2.45) is 0 Å². The molecule has 1 aromatic heterocycles. The van der Waals surface area contributed by atoms with Gasteiger partial charge >= 0.3 is 0 Å². The largest absolute Gasteiger partial charge is 0.321 e. The lowest BCUT2D eigenvalue weighted by Crippen LogP contribution is -2.11. The number of sulfonamides is 1. The summed E-state index contributed by atoms with van der Waals surface area (Å²) < 4.78 is 25.4. The number of hydrogen-bond donors (Lipinski definition) is 2. The Bertz CT molecular complexity index is 723. The van der Waals surface area contributed by atoms with Crippen LogP contribution in [-0.4, -0.2) is 20.6 Å². The van der Waals surface area contributed by atoms with E-state index in [4.69, 9.17) is 0 Å². The third kappa shape index (κ3) is 4.32. The number of carbonyl (C=O) groups excluding carboxylic acids is 1. The van der Waals surface area contributed by atoms with Crippen molar-refractivity contribution in [2.45, 2.75) is 0 Å².